The number of hydrogen-bond acceptors (Lipinski definition) is 0. The van der Waals surface area contributed by atoms with Gasteiger partial charge in [-0.2, -0.15) is 0 Å². The van der Waals surface area contributed by atoms with Crippen molar-refractivity contribution in [3.05, 3.63) is 265 Å². The average Bonchev–Trinajstić information content (AvgIpc) is 4.06. The van der Waals surface area contributed by atoms with E-state index in [2.05, 4.69) is 126 Å². The normalized spacial score (nSPS) is 15.1. The molecule has 0 unspecified atom stereocenters. The highest BCUT2D eigenvalue weighted by molar-refractivity contribution is 6.13. The van der Waals surface area contributed by atoms with Crippen LogP contribution in [-0.4, -0.2) is 9.13 Å². The minimum Gasteiger partial charge on any atom is -0.309 e. The minimum absolute atomic E-state index is 0.0824. The largest absolute Gasteiger partial charge is 0.309 e. The molecule has 1 aliphatic rings. The summed E-state index contributed by atoms with van der Waals surface area (Å²) in [5.74, 6) is 0. The van der Waals surface area contributed by atoms with Crippen LogP contribution in [0.4, 0.5) is 0 Å². The van der Waals surface area contributed by atoms with Crippen LogP contribution in [0.25, 0.3) is 88.4 Å². The molecule has 0 atom stereocenters. The molecule has 0 saturated carbocycles. The zero-order chi connectivity index (χ0) is 50.2. The van der Waals surface area contributed by atoms with E-state index in [1.165, 1.54) is 27.8 Å². The summed E-state index contributed by atoms with van der Waals surface area (Å²) in [5, 5.41) is 3.85. The van der Waals surface area contributed by atoms with Gasteiger partial charge in [0.15, 0.2) is 0 Å². The maximum Gasteiger partial charge on any atom is 0.0713 e. The lowest BCUT2D eigenvalue weighted by atomic mass is 9.67. The first-order valence-corrected chi connectivity index (χ1v) is 21.0. The SMILES string of the molecule is [2H]c1c([2H])c([2H])c(-c2cccc(-c3c([2H])c([2H])c([2H])c([2H])c3[2H])c2-n2c3ccccc3c3cc(-n4c5ccccc5c5cc(C6(c7ccccc7)c7ccccc7-c7ccccc76)ccc54)ccc32)c([2H])c1[2H]. The molecule has 0 saturated heterocycles. The van der Waals surface area contributed by atoms with Gasteiger partial charge in [-0.3, -0.25) is 0 Å². The van der Waals surface area contributed by atoms with E-state index >= 15 is 0 Å². The molecular formula is C61H40N2. The van der Waals surface area contributed by atoms with E-state index in [1.54, 1.807) is 18.2 Å². The van der Waals surface area contributed by atoms with Crippen molar-refractivity contribution in [1.82, 2.24) is 9.13 Å². The maximum atomic E-state index is 9.15. The smallest absolute Gasteiger partial charge is 0.0713 e. The molecule has 0 amide bonds. The molecule has 0 spiro atoms. The summed E-state index contributed by atoms with van der Waals surface area (Å²) >= 11 is 0. The lowest BCUT2D eigenvalue weighted by Crippen LogP contribution is -2.28. The van der Waals surface area contributed by atoms with Gasteiger partial charge in [-0.05, 0) is 87.0 Å². The van der Waals surface area contributed by atoms with Gasteiger partial charge >= 0.3 is 0 Å². The van der Waals surface area contributed by atoms with Gasteiger partial charge in [0.1, 0.15) is 0 Å². The quantitative estimate of drug-likeness (QED) is 0.158. The lowest BCUT2D eigenvalue weighted by molar-refractivity contribution is 0.770. The molecule has 2 nitrogen and oxygen atoms in total. The lowest BCUT2D eigenvalue weighted by Gasteiger charge is -2.34. The number of para-hydroxylation sites is 3. The molecule has 0 fully saturated rings. The number of fused-ring (bicyclic) bond motifs is 9. The Bertz CT molecular complexity index is 4150. The summed E-state index contributed by atoms with van der Waals surface area (Å²) in [6.45, 7) is 0. The van der Waals surface area contributed by atoms with Crippen molar-refractivity contribution >= 4 is 43.6 Å². The molecular weight excluding hydrogens is 761 g/mol. The summed E-state index contributed by atoms with van der Waals surface area (Å²) in [4.78, 5) is 0. The van der Waals surface area contributed by atoms with Gasteiger partial charge in [0.05, 0.1) is 46.9 Å². The summed E-state index contributed by atoms with van der Waals surface area (Å²) in [6.07, 6.45) is 0. The highest BCUT2D eigenvalue weighted by atomic mass is 15.0. The van der Waals surface area contributed by atoms with Gasteiger partial charge in [-0.15, -0.1) is 0 Å². The molecule has 13 rings (SSSR count). The molecule has 1 aliphatic carbocycles. The van der Waals surface area contributed by atoms with Gasteiger partial charge in [-0.25, -0.2) is 0 Å². The zero-order valence-corrected chi connectivity index (χ0v) is 33.7. The van der Waals surface area contributed by atoms with Crippen LogP contribution in [0.2, 0.25) is 0 Å². The van der Waals surface area contributed by atoms with Crippen LogP contribution in [-0.2, 0) is 5.41 Å². The molecule has 12 aromatic rings. The Morgan fingerprint density at radius 1 is 0.333 bits per heavy atom. The number of aromatic nitrogens is 2. The third kappa shape index (κ3) is 5.13. The van der Waals surface area contributed by atoms with Crippen LogP contribution in [0, 0.1) is 0 Å². The number of nitrogens with zero attached hydrogens (tertiary/aromatic N) is 2. The van der Waals surface area contributed by atoms with Crippen molar-refractivity contribution in [2.75, 3.05) is 0 Å². The fourth-order valence-corrected chi connectivity index (χ4v) is 10.5. The van der Waals surface area contributed by atoms with Crippen LogP contribution < -0.4 is 0 Å². The van der Waals surface area contributed by atoms with E-state index in [9.17, 15) is 0 Å². The first kappa shape index (κ1) is 26.9. The first-order chi connectivity index (χ1) is 35.4. The number of benzene rings is 10. The second-order valence-corrected chi connectivity index (χ2v) is 16.0. The standard InChI is InChI=1S/C61H40N2/c1-4-19-41(20-5-1)46-29-18-30-47(42-21-6-2-7-22-42)60(46)63-57-34-17-13-28-51(57)53-40-45(36-38-59(53)63)62-56-33-16-12-27-50(56)52-39-44(35-37-58(52)62)61(43-23-8-3-9-24-43)54-31-14-10-25-48(54)49-26-11-15-32-55(49)61/h1-40H/i1D,2D,4D,5D,6D,7D,19D,20D,21D,22D. The summed E-state index contributed by atoms with van der Waals surface area (Å²) in [5.41, 5.74) is 11.5. The Morgan fingerprint density at radius 2 is 0.810 bits per heavy atom. The van der Waals surface area contributed by atoms with Gasteiger partial charge in [0.2, 0.25) is 0 Å². The van der Waals surface area contributed by atoms with Crippen LogP contribution in [0.15, 0.2) is 242 Å². The molecule has 0 radical (unpaired) electrons. The highest BCUT2D eigenvalue weighted by Crippen LogP contribution is 2.56. The van der Waals surface area contributed by atoms with Crippen LogP contribution in [0.1, 0.15) is 36.0 Å². The molecule has 0 aliphatic heterocycles. The maximum absolute atomic E-state index is 9.15. The fraction of sp³-hybridized carbons (Fsp3) is 0.0164. The highest BCUT2D eigenvalue weighted by Gasteiger charge is 2.46. The molecule has 10 aromatic carbocycles. The zero-order valence-electron chi connectivity index (χ0n) is 43.7. The average molecular weight is 811 g/mol. The molecule has 63 heavy (non-hydrogen) atoms. The van der Waals surface area contributed by atoms with Crippen molar-refractivity contribution in [3.8, 4) is 44.8 Å². The van der Waals surface area contributed by atoms with Crippen molar-refractivity contribution < 1.29 is 13.7 Å². The molecule has 0 N–H and O–H groups in total. The Morgan fingerprint density at radius 3 is 1.44 bits per heavy atom. The molecule has 2 aromatic heterocycles. The predicted octanol–water partition coefficient (Wildman–Crippen LogP) is 15.6. The molecule has 2 heteroatoms. The fourth-order valence-electron chi connectivity index (χ4n) is 10.5. The van der Waals surface area contributed by atoms with Gasteiger partial charge in [-0.1, -0.05) is 200 Å². The van der Waals surface area contributed by atoms with Crippen molar-refractivity contribution in [1.29, 1.82) is 0 Å². The number of hydrogen-bond donors (Lipinski definition) is 0. The minimum atomic E-state index is -0.591. The molecule has 2 heterocycles. The van der Waals surface area contributed by atoms with E-state index < -0.39 is 65.8 Å². The van der Waals surface area contributed by atoms with Crippen LogP contribution >= 0.6 is 0 Å². The third-order valence-corrected chi connectivity index (χ3v) is 13.0. The van der Waals surface area contributed by atoms with Crippen LogP contribution in [0.5, 0.6) is 0 Å². The van der Waals surface area contributed by atoms with Gasteiger partial charge < -0.3 is 9.13 Å². The second kappa shape index (κ2) is 13.9. The molecule has 294 valence electrons. The Hall–Kier alpha value is -8.20. The number of rotatable bonds is 6. The topological polar surface area (TPSA) is 9.86 Å². The van der Waals surface area contributed by atoms with Crippen molar-refractivity contribution in [3.63, 3.8) is 0 Å². The van der Waals surface area contributed by atoms with E-state index in [0.717, 1.165) is 43.8 Å². The first-order valence-electron chi connectivity index (χ1n) is 26.0. The summed E-state index contributed by atoms with van der Waals surface area (Å²) in [6, 6.07) is 57.5. The van der Waals surface area contributed by atoms with Gasteiger partial charge in [0.25, 0.3) is 0 Å². The Labute approximate surface area is 380 Å². The van der Waals surface area contributed by atoms with Gasteiger partial charge in [0, 0.05) is 38.4 Å². The van der Waals surface area contributed by atoms with E-state index in [0.29, 0.717) is 16.7 Å². The Kier molecular flexibility index (Phi) is 5.94. The monoisotopic (exact) mass is 810 g/mol. The summed E-state index contributed by atoms with van der Waals surface area (Å²) < 4.78 is 92.4. The van der Waals surface area contributed by atoms with Crippen molar-refractivity contribution in [2.45, 2.75) is 5.41 Å². The Balaban J connectivity index is 1.09. The predicted molar refractivity (Wildman–Crippen MR) is 263 cm³/mol. The van der Waals surface area contributed by atoms with E-state index in [-0.39, 0.29) is 22.3 Å². The van der Waals surface area contributed by atoms with E-state index in [1.807, 2.05) is 47.0 Å². The van der Waals surface area contributed by atoms with E-state index in [4.69, 9.17) is 13.7 Å². The second-order valence-electron chi connectivity index (χ2n) is 16.0. The third-order valence-electron chi connectivity index (χ3n) is 13.0. The summed E-state index contributed by atoms with van der Waals surface area (Å²) in [7, 11) is 0. The van der Waals surface area contributed by atoms with Crippen molar-refractivity contribution in [2.24, 2.45) is 0 Å². The van der Waals surface area contributed by atoms with Crippen LogP contribution in [0.3, 0.4) is 0 Å². The molecule has 0 bridgehead atoms.